The molecule has 3 aromatic carbocycles. The summed E-state index contributed by atoms with van der Waals surface area (Å²) in [5, 5.41) is 12.3. The van der Waals surface area contributed by atoms with Crippen molar-refractivity contribution in [3.8, 4) is 11.5 Å². The number of rotatable bonds is 6. The number of hydrogen-bond donors (Lipinski definition) is 2. The molecule has 1 aliphatic heterocycles. The molecule has 1 aliphatic rings. The number of fused-ring (bicyclic) bond motifs is 1. The third-order valence-corrected chi connectivity index (χ3v) is 6.72. The first-order valence-corrected chi connectivity index (χ1v) is 12.1. The second-order valence-corrected chi connectivity index (χ2v) is 9.05. The maximum atomic E-state index is 13.6. The average Bonchev–Trinajstić information content (AvgIpc) is 3.44. The minimum Gasteiger partial charge on any atom is -0.507 e. The van der Waals surface area contributed by atoms with Crippen LogP contribution in [0.4, 0.5) is 5.69 Å². The number of anilines is 1. The highest BCUT2D eigenvalue weighted by atomic mass is 16.5. The van der Waals surface area contributed by atoms with E-state index in [0.717, 1.165) is 22.0 Å². The number of aryl methyl sites for hydroxylation is 2. The number of Topliss-reactive ketones (excluding diaryl/α,β-unsaturated/α-hetero) is 1. The van der Waals surface area contributed by atoms with E-state index in [1.54, 1.807) is 31.5 Å². The minimum absolute atomic E-state index is 0.0169. The molecule has 0 saturated carbocycles. The highest BCUT2D eigenvalue weighted by Gasteiger charge is 2.47. The van der Waals surface area contributed by atoms with Crippen molar-refractivity contribution >= 4 is 34.0 Å². The lowest BCUT2D eigenvalue weighted by Crippen LogP contribution is -2.30. The van der Waals surface area contributed by atoms with Crippen molar-refractivity contribution in [2.45, 2.75) is 26.8 Å². The van der Waals surface area contributed by atoms with Crippen LogP contribution in [-0.2, 0) is 9.59 Å². The van der Waals surface area contributed by atoms with Gasteiger partial charge < -0.3 is 19.6 Å². The van der Waals surface area contributed by atoms with E-state index in [9.17, 15) is 14.7 Å². The molecule has 1 saturated heterocycles. The summed E-state index contributed by atoms with van der Waals surface area (Å²) in [5.41, 5.74) is 4.30. The van der Waals surface area contributed by atoms with Crippen molar-refractivity contribution in [3.05, 3.63) is 94.7 Å². The fourth-order valence-electron chi connectivity index (χ4n) is 4.92. The number of amides is 1. The summed E-state index contributed by atoms with van der Waals surface area (Å²) in [6.45, 7) is 6.10. The zero-order chi connectivity index (χ0) is 26.3. The van der Waals surface area contributed by atoms with Gasteiger partial charge in [-0.2, -0.15) is 0 Å². The number of nitrogens with zero attached hydrogens (tertiary/aromatic N) is 1. The lowest BCUT2D eigenvalue weighted by atomic mass is 9.94. The van der Waals surface area contributed by atoms with Gasteiger partial charge in [0.25, 0.3) is 11.7 Å². The number of nitrogens with one attached hydrogen (secondary N) is 1. The second kappa shape index (κ2) is 9.50. The Kier molecular flexibility index (Phi) is 6.21. The van der Waals surface area contributed by atoms with Crippen LogP contribution in [0.15, 0.2) is 72.4 Å². The van der Waals surface area contributed by atoms with Crippen LogP contribution in [0, 0.1) is 13.8 Å². The molecule has 4 aromatic rings. The van der Waals surface area contributed by atoms with Crippen molar-refractivity contribution in [2.75, 3.05) is 18.6 Å². The van der Waals surface area contributed by atoms with Crippen LogP contribution >= 0.6 is 0 Å². The van der Waals surface area contributed by atoms with Gasteiger partial charge in [0.2, 0.25) is 0 Å². The molecule has 188 valence electrons. The molecule has 0 bridgehead atoms. The number of methoxy groups -OCH3 is 1. The first-order chi connectivity index (χ1) is 17.8. The number of aromatic nitrogens is 1. The smallest absolute Gasteiger partial charge is 0.300 e. The molecule has 0 aliphatic carbocycles. The fraction of sp³-hybridized carbons (Fsp3) is 0.200. The van der Waals surface area contributed by atoms with Crippen LogP contribution in [0.2, 0.25) is 0 Å². The molecule has 2 heterocycles. The maximum absolute atomic E-state index is 13.6. The minimum atomic E-state index is -0.876. The van der Waals surface area contributed by atoms with Crippen molar-refractivity contribution < 1.29 is 24.2 Å². The largest absolute Gasteiger partial charge is 0.507 e. The monoisotopic (exact) mass is 496 g/mol. The summed E-state index contributed by atoms with van der Waals surface area (Å²) < 4.78 is 11.2. The Morgan fingerprint density at radius 2 is 1.81 bits per heavy atom. The standard InChI is InChI=1S/C30H28N2O5/c1-5-37-25-15-19(12-13-24(25)36-4)27-26(28(33)21-16-31-22-9-7-6-8-20(21)22)29(34)30(35)32(27)23-14-17(2)10-11-18(23)3/h6-16,27,31,33H,5H2,1-4H3/b28-26-. The Morgan fingerprint density at radius 3 is 2.57 bits per heavy atom. The van der Waals surface area contributed by atoms with Crippen molar-refractivity contribution in [1.82, 2.24) is 4.98 Å². The summed E-state index contributed by atoms with van der Waals surface area (Å²) >= 11 is 0. The Morgan fingerprint density at radius 1 is 1.03 bits per heavy atom. The Labute approximate surface area is 214 Å². The normalized spacial score (nSPS) is 17.0. The quantitative estimate of drug-likeness (QED) is 0.199. The van der Waals surface area contributed by atoms with Crippen LogP contribution in [-0.4, -0.2) is 35.5 Å². The lowest BCUT2D eigenvalue weighted by molar-refractivity contribution is -0.132. The van der Waals surface area contributed by atoms with E-state index in [1.807, 2.05) is 63.2 Å². The maximum Gasteiger partial charge on any atom is 0.300 e. The topological polar surface area (TPSA) is 91.9 Å². The van der Waals surface area contributed by atoms with Crippen LogP contribution < -0.4 is 14.4 Å². The Hall–Kier alpha value is -4.52. The molecule has 2 N–H and O–H groups in total. The first-order valence-electron chi connectivity index (χ1n) is 12.1. The van der Waals surface area contributed by atoms with Gasteiger partial charge in [-0.05, 0) is 61.7 Å². The van der Waals surface area contributed by atoms with Gasteiger partial charge in [0.05, 0.1) is 25.3 Å². The number of aromatic amines is 1. The molecule has 1 aromatic heterocycles. The summed E-state index contributed by atoms with van der Waals surface area (Å²) in [5.74, 6) is -0.661. The van der Waals surface area contributed by atoms with Gasteiger partial charge in [0.15, 0.2) is 11.5 Å². The number of ether oxygens (including phenoxy) is 2. The van der Waals surface area contributed by atoms with Crippen molar-refractivity contribution in [1.29, 1.82) is 0 Å². The molecule has 7 heteroatoms. The molecule has 7 nitrogen and oxygen atoms in total. The van der Waals surface area contributed by atoms with Gasteiger partial charge in [-0.25, -0.2) is 0 Å². The number of benzene rings is 3. The van der Waals surface area contributed by atoms with Gasteiger partial charge in [0, 0.05) is 28.4 Å². The van der Waals surface area contributed by atoms with E-state index >= 15 is 0 Å². The van der Waals surface area contributed by atoms with E-state index in [1.165, 1.54) is 4.90 Å². The highest BCUT2D eigenvalue weighted by Crippen LogP contribution is 2.45. The third kappa shape index (κ3) is 4.02. The number of aliphatic hydroxyl groups is 1. The highest BCUT2D eigenvalue weighted by molar-refractivity contribution is 6.52. The molecule has 1 amide bonds. The SMILES string of the molecule is CCOc1cc(C2/C(=C(/O)c3c[nH]c4ccccc34)C(=O)C(=O)N2c2cc(C)ccc2C)ccc1OC. The number of carbonyl (C=O) groups excluding carboxylic acids is 2. The summed E-state index contributed by atoms with van der Waals surface area (Å²) in [6.07, 6.45) is 1.65. The van der Waals surface area contributed by atoms with E-state index in [-0.39, 0.29) is 11.3 Å². The van der Waals surface area contributed by atoms with Gasteiger partial charge in [-0.3, -0.25) is 14.5 Å². The van der Waals surface area contributed by atoms with Crippen molar-refractivity contribution in [3.63, 3.8) is 0 Å². The lowest BCUT2D eigenvalue weighted by Gasteiger charge is -2.27. The molecule has 5 rings (SSSR count). The fourth-order valence-corrected chi connectivity index (χ4v) is 4.92. The molecule has 37 heavy (non-hydrogen) atoms. The van der Waals surface area contributed by atoms with E-state index < -0.39 is 17.7 Å². The molecule has 0 radical (unpaired) electrons. The van der Waals surface area contributed by atoms with Gasteiger partial charge in [-0.1, -0.05) is 36.4 Å². The second-order valence-electron chi connectivity index (χ2n) is 9.05. The van der Waals surface area contributed by atoms with Gasteiger partial charge in [-0.15, -0.1) is 0 Å². The molecule has 0 spiro atoms. The zero-order valence-corrected chi connectivity index (χ0v) is 21.2. The number of carbonyl (C=O) groups is 2. The first kappa shape index (κ1) is 24.2. The van der Waals surface area contributed by atoms with Crippen molar-refractivity contribution in [2.24, 2.45) is 0 Å². The third-order valence-electron chi connectivity index (χ3n) is 6.72. The Balaban J connectivity index is 1.79. The Bertz CT molecular complexity index is 1570. The van der Waals surface area contributed by atoms with Gasteiger partial charge >= 0.3 is 0 Å². The summed E-state index contributed by atoms with van der Waals surface area (Å²) in [4.78, 5) is 31.8. The number of ketones is 1. The zero-order valence-electron chi connectivity index (χ0n) is 21.2. The molecular formula is C30H28N2O5. The molecule has 1 atom stereocenters. The molecule has 1 unspecified atom stereocenters. The predicted molar refractivity (Wildman–Crippen MR) is 143 cm³/mol. The number of para-hydroxylation sites is 1. The van der Waals surface area contributed by atoms with Crippen LogP contribution in [0.5, 0.6) is 11.5 Å². The number of H-pyrrole nitrogens is 1. The van der Waals surface area contributed by atoms with E-state index in [0.29, 0.717) is 34.9 Å². The number of aliphatic hydroxyl groups excluding tert-OH is 1. The molecular weight excluding hydrogens is 468 g/mol. The average molecular weight is 497 g/mol. The van der Waals surface area contributed by atoms with E-state index in [2.05, 4.69) is 4.98 Å². The predicted octanol–water partition coefficient (Wildman–Crippen LogP) is 5.82. The van der Waals surface area contributed by atoms with Crippen LogP contribution in [0.1, 0.15) is 35.2 Å². The molecule has 1 fully saturated rings. The van der Waals surface area contributed by atoms with Crippen LogP contribution in [0.25, 0.3) is 16.7 Å². The summed E-state index contributed by atoms with van der Waals surface area (Å²) in [7, 11) is 1.55. The van der Waals surface area contributed by atoms with Gasteiger partial charge in [0.1, 0.15) is 5.76 Å². The number of hydrogen-bond acceptors (Lipinski definition) is 5. The summed E-state index contributed by atoms with van der Waals surface area (Å²) in [6, 6.07) is 17.7. The van der Waals surface area contributed by atoms with Crippen LogP contribution in [0.3, 0.4) is 0 Å². The van der Waals surface area contributed by atoms with E-state index in [4.69, 9.17) is 9.47 Å².